The van der Waals surface area contributed by atoms with E-state index in [1.165, 1.54) is 12.8 Å². The van der Waals surface area contributed by atoms with E-state index in [-0.39, 0.29) is 0 Å². The second-order valence-electron chi connectivity index (χ2n) is 3.23. The Balaban J connectivity index is 2.32. The van der Waals surface area contributed by atoms with Crippen LogP contribution in [0.3, 0.4) is 0 Å². The monoisotopic (exact) mass is 120 g/mol. The van der Waals surface area contributed by atoms with E-state index >= 15 is 0 Å². The third-order valence-corrected chi connectivity index (χ3v) is 2.48. The molecular formula is C9H12. The van der Waals surface area contributed by atoms with Crippen LogP contribution in [0.1, 0.15) is 19.8 Å². The standard InChI is InChI=1S/C9H12/c1-7-5-8-3-2-4-9(7)6-8/h2-4,7-8H,5-6H2,1H3. The predicted octanol–water partition coefficient (Wildman–Crippen LogP) is 2.53. The van der Waals surface area contributed by atoms with Crippen LogP contribution < -0.4 is 0 Å². The van der Waals surface area contributed by atoms with E-state index in [9.17, 15) is 0 Å². The van der Waals surface area contributed by atoms with Gasteiger partial charge in [0.25, 0.3) is 0 Å². The molecule has 9 heavy (non-hydrogen) atoms. The van der Waals surface area contributed by atoms with E-state index in [1.807, 2.05) is 0 Å². The van der Waals surface area contributed by atoms with Crippen LogP contribution in [-0.2, 0) is 0 Å². The third-order valence-electron chi connectivity index (χ3n) is 2.48. The van der Waals surface area contributed by atoms with Crippen molar-refractivity contribution >= 4 is 0 Å². The first-order valence-electron chi connectivity index (χ1n) is 3.73. The lowest BCUT2D eigenvalue weighted by molar-refractivity contribution is 0.614. The van der Waals surface area contributed by atoms with Crippen molar-refractivity contribution < 1.29 is 0 Å². The highest BCUT2D eigenvalue weighted by atomic mass is 14.3. The molecule has 0 aromatic heterocycles. The lowest BCUT2D eigenvalue weighted by Crippen LogP contribution is -1.87. The van der Waals surface area contributed by atoms with Crippen LogP contribution in [0, 0.1) is 11.8 Å². The van der Waals surface area contributed by atoms with Crippen molar-refractivity contribution in [2.75, 3.05) is 0 Å². The Kier molecular flexibility index (Phi) is 1.01. The number of hydrogen-bond acceptors (Lipinski definition) is 0. The fourth-order valence-corrected chi connectivity index (χ4v) is 1.91. The number of fused-ring (bicyclic) bond motifs is 2. The second kappa shape index (κ2) is 1.73. The van der Waals surface area contributed by atoms with Gasteiger partial charge in [-0.15, -0.1) is 0 Å². The van der Waals surface area contributed by atoms with Gasteiger partial charge >= 0.3 is 0 Å². The zero-order valence-electron chi connectivity index (χ0n) is 5.80. The quantitative estimate of drug-likeness (QED) is 0.461. The summed E-state index contributed by atoms with van der Waals surface area (Å²) in [4.78, 5) is 0. The zero-order valence-corrected chi connectivity index (χ0v) is 5.80. The molecular weight excluding hydrogens is 108 g/mol. The molecule has 48 valence electrons. The zero-order chi connectivity index (χ0) is 6.27. The van der Waals surface area contributed by atoms with Crippen LogP contribution in [0.15, 0.2) is 23.8 Å². The fraction of sp³-hybridized carbons (Fsp3) is 0.556. The summed E-state index contributed by atoms with van der Waals surface area (Å²) in [5.74, 6) is 1.75. The van der Waals surface area contributed by atoms with Crippen molar-refractivity contribution in [2.24, 2.45) is 11.8 Å². The molecule has 0 heterocycles. The van der Waals surface area contributed by atoms with Gasteiger partial charge in [0.15, 0.2) is 0 Å². The Hall–Kier alpha value is -0.520. The van der Waals surface area contributed by atoms with Gasteiger partial charge in [-0.05, 0) is 24.7 Å². The first kappa shape index (κ1) is 5.28. The van der Waals surface area contributed by atoms with Crippen molar-refractivity contribution in [3.8, 4) is 0 Å². The molecule has 2 aliphatic carbocycles. The van der Waals surface area contributed by atoms with Gasteiger partial charge in [-0.3, -0.25) is 0 Å². The summed E-state index contributed by atoms with van der Waals surface area (Å²) in [5.41, 5.74) is 1.67. The first-order chi connectivity index (χ1) is 4.36. The Morgan fingerprint density at radius 1 is 1.56 bits per heavy atom. The Labute approximate surface area is 56.3 Å². The molecule has 2 unspecified atom stereocenters. The van der Waals surface area contributed by atoms with E-state index in [4.69, 9.17) is 0 Å². The smallest absolute Gasteiger partial charge is 0.0187 e. The first-order valence-corrected chi connectivity index (χ1v) is 3.73. The van der Waals surface area contributed by atoms with Crippen LogP contribution in [0.4, 0.5) is 0 Å². The summed E-state index contributed by atoms with van der Waals surface area (Å²) in [6.45, 7) is 2.33. The van der Waals surface area contributed by atoms with Crippen LogP contribution in [-0.4, -0.2) is 0 Å². The fourth-order valence-electron chi connectivity index (χ4n) is 1.91. The number of hydrogen-bond donors (Lipinski definition) is 0. The van der Waals surface area contributed by atoms with Gasteiger partial charge in [-0.25, -0.2) is 0 Å². The molecule has 0 nitrogen and oxygen atoms in total. The van der Waals surface area contributed by atoms with E-state index < -0.39 is 0 Å². The third kappa shape index (κ3) is 0.735. The molecule has 1 fully saturated rings. The van der Waals surface area contributed by atoms with Crippen molar-refractivity contribution in [2.45, 2.75) is 19.8 Å². The van der Waals surface area contributed by atoms with Crippen molar-refractivity contribution in [1.29, 1.82) is 0 Å². The van der Waals surface area contributed by atoms with Crippen LogP contribution in [0.2, 0.25) is 0 Å². The highest BCUT2D eigenvalue weighted by molar-refractivity contribution is 5.26. The predicted molar refractivity (Wildman–Crippen MR) is 39.1 cm³/mol. The number of rotatable bonds is 0. The van der Waals surface area contributed by atoms with Crippen molar-refractivity contribution in [3.63, 3.8) is 0 Å². The van der Waals surface area contributed by atoms with E-state index in [0.717, 1.165) is 11.8 Å². The Morgan fingerprint density at radius 2 is 2.44 bits per heavy atom. The molecule has 0 radical (unpaired) electrons. The van der Waals surface area contributed by atoms with Gasteiger partial charge in [0, 0.05) is 0 Å². The lowest BCUT2D eigenvalue weighted by Gasteiger charge is -2.02. The maximum absolute atomic E-state index is 2.34. The molecule has 2 bridgehead atoms. The van der Waals surface area contributed by atoms with Crippen LogP contribution in [0.5, 0.6) is 0 Å². The van der Waals surface area contributed by atoms with Crippen molar-refractivity contribution in [1.82, 2.24) is 0 Å². The average molecular weight is 120 g/mol. The Bertz CT molecular complexity index is 174. The number of allylic oxidation sites excluding steroid dienone is 4. The molecule has 1 saturated carbocycles. The molecule has 2 rings (SSSR count). The van der Waals surface area contributed by atoms with Gasteiger partial charge in [0.1, 0.15) is 0 Å². The molecule has 2 aliphatic rings. The minimum Gasteiger partial charge on any atom is -0.0811 e. The van der Waals surface area contributed by atoms with E-state index in [2.05, 4.69) is 25.2 Å². The summed E-state index contributed by atoms with van der Waals surface area (Å²) < 4.78 is 0. The summed E-state index contributed by atoms with van der Waals surface area (Å²) in [6.07, 6.45) is 9.58. The second-order valence-corrected chi connectivity index (χ2v) is 3.23. The normalized spacial score (nSPS) is 39.0. The highest BCUT2D eigenvalue weighted by Crippen LogP contribution is 2.38. The van der Waals surface area contributed by atoms with Gasteiger partial charge in [0.2, 0.25) is 0 Å². The van der Waals surface area contributed by atoms with E-state index in [1.54, 1.807) is 5.57 Å². The Morgan fingerprint density at radius 3 is 3.11 bits per heavy atom. The van der Waals surface area contributed by atoms with E-state index in [0.29, 0.717) is 0 Å². The topological polar surface area (TPSA) is 0 Å². The largest absolute Gasteiger partial charge is 0.0811 e. The molecule has 0 aromatic carbocycles. The lowest BCUT2D eigenvalue weighted by atomic mass is 10.0. The van der Waals surface area contributed by atoms with Gasteiger partial charge < -0.3 is 0 Å². The summed E-state index contributed by atoms with van der Waals surface area (Å²) in [7, 11) is 0. The summed E-state index contributed by atoms with van der Waals surface area (Å²) in [6, 6.07) is 0. The van der Waals surface area contributed by atoms with Crippen molar-refractivity contribution in [3.05, 3.63) is 23.8 Å². The van der Waals surface area contributed by atoms with Gasteiger partial charge in [0.05, 0.1) is 0 Å². The molecule has 0 saturated heterocycles. The maximum Gasteiger partial charge on any atom is -0.0187 e. The van der Waals surface area contributed by atoms with Gasteiger partial charge in [-0.1, -0.05) is 30.7 Å². The summed E-state index contributed by atoms with van der Waals surface area (Å²) >= 11 is 0. The molecule has 0 amide bonds. The average Bonchev–Trinajstić information content (AvgIpc) is 2.09. The van der Waals surface area contributed by atoms with Gasteiger partial charge in [-0.2, -0.15) is 0 Å². The molecule has 0 aliphatic heterocycles. The van der Waals surface area contributed by atoms with Crippen LogP contribution >= 0.6 is 0 Å². The summed E-state index contributed by atoms with van der Waals surface area (Å²) in [5, 5.41) is 0. The minimum atomic E-state index is 0.866. The minimum absolute atomic E-state index is 0.866. The SMILES string of the molecule is CC1CC2C=CC=C1C2. The molecule has 0 spiro atoms. The maximum atomic E-state index is 2.34. The molecule has 0 aromatic rings. The molecule has 0 heteroatoms. The molecule has 2 atom stereocenters. The van der Waals surface area contributed by atoms with Crippen LogP contribution in [0.25, 0.3) is 0 Å². The highest BCUT2D eigenvalue weighted by Gasteiger charge is 2.25. The molecule has 0 N–H and O–H groups in total.